The first kappa shape index (κ1) is 17.8. The number of nitrogens with one attached hydrogen (secondary N) is 1. The first-order valence-corrected chi connectivity index (χ1v) is 7.46. The number of nitrogens with zero attached hydrogens (tertiary/aromatic N) is 2. The average Bonchev–Trinajstić information content (AvgIpc) is 2.68. The van der Waals surface area contributed by atoms with Crippen molar-refractivity contribution in [1.29, 1.82) is 0 Å². The molecule has 0 spiro atoms. The van der Waals surface area contributed by atoms with Crippen LogP contribution in [0.25, 0.3) is 5.70 Å². The van der Waals surface area contributed by atoms with Gasteiger partial charge in [0, 0.05) is 29.9 Å². The van der Waals surface area contributed by atoms with Crippen LogP contribution < -0.4 is 5.32 Å². The first-order valence-electron chi connectivity index (χ1n) is 7.46. The number of alkyl halides is 3. The molecule has 1 N–H and O–H groups in total. The molecule has 0 aliphatic carbocycles. The van der Waals surface area contributed by atoms with Gasteiger partial charge < -0.3 is 10.2 Å². The smallest absolute Gasteiger partial charge is 0.368 e. The number of allylic oxidation sites excluding steroid dienone is 1. The molecule has 1 saturated heterocycles. The Morgan fingerprint density at radius 3 is 2.62 bits per heavy atom. The van der Waals surface area contributed by atoms with Gasteiger partial charge in [0.05, 0.1) is 17.8 Å². The molecule has 2 rings (SSSR count). The second-order valence-corrected chi connectivity index (χ2v) is 5.72. The molecule has 0 unspecified atom stereocenters. The summed E-state index contributed by atoms with van der Waals surface area (Å²) in [6.07, 6.45) is -3.66. The van der Waals surface area contributed by atoms with Crippen LogP contribution in [0.5, 0.6) is 0 Å². The molecule has 1 heterocycles. The number of benzene rings is 1. The SMILES string of the molecule is C=C1CCN(C(=C)C)CC(=NC(=C)c2cccc(C(F)(F)F)c2)N1. The fraction of sp³-hybridized carbons (Fsp3) is 0.278. The Hall–Kier alpha value is -2.50. The molecule has 0 amide bonds. The highest BCUT2D eigenvalue weighted by Gasteiger charge is 2.30. The third-order valence-corrected chi connectivity index (χ3v) is 3.68. The molecule has 0 bridgehead atoms. The van der Waals surface area contributed by atoms with E-state index >= 15 is 0 Å². The summed E-state index contributed by atoms with van der Waals surface area (Å²) in [5, 5.41) is 3.10. The Balaban J connectivity index is 2.27. The van der Waals surface area contributed by atoms with E-state index in [4.69, 9.17) is 0 Å². The van der Waals surface area contributed by atoms with Gasteiger partial charge in [-0.3, -0.25) is 0 Å². The number of rotatable bonds is 3. The fourth-order valence-corrected chi connectivity index (χ4v) is 2.33. The van der Waals surface area contributed by atoms with Gasteiger partial charge in [-0.2, -0.15) is 13.2 Å². The summed E-state index contributed by atoms with van der Waals surface area (Å²) < 4.78 is 38.5. The second kappa shape index (κ2) is 6.95. The zero-order valence-corrected chi connectivity index (χ0v) is 13.6. The minimum atomic E-state index is -4.39. The fourth-order valence-electron chi connectivity index (χ4n) is 2.33. The zero-order valence-electron chi connectivity index (χ0n) is 13.6. The minimum Gasteiger partial charge on any atom is -0.368 e. The molecule has 0 atom stereocenters. The van der Waals surface area contributed by atoms with E-state index < -0.39 is 11.7 Å². The van der Waals surface area contributed by atoms with Gasteiger partial charge >= 0.3 is 6.18 Å². The molecule has 0 aromatic heterocycles. The number of amidine groups is 1. The Labute approximate surface area is 139 Å². The molecule has 1 aromatic rings. The Morgan fingerprint density at radius 1 is 1.29 bits per heavy atom. The number of aliphatic imine (C=N–C) groups is 1. The van der Waals surface area contributed by atoms with Crippen LogP contribution in [0.3, 0.4) is 0 Å². The molecular formula is C18H20F3N3. The van der Waals surface area contributed by atoms with Crippen LogP contribution in [-0.2, 0) is 6.18 Å². The monoisotopic (exact) mass is 335 g/mol. The highest BCUT2D eigenvalue weighted by atomic mass is 19.4. The highest BCUT2D eigenvalue weighted by molar-refractivity contribution is 5.90. The average molecular weight is 335 g/mol. The molecule has 1 aliphatic heterocycles. The highest BCUT2D eigenvalue weighted by Crippen LogP contribution is 2.31. The van der Waals surface area contributed by atoms with Crippen molar-refractivity contribution in [2.24, 2.45) is 4.99 Å². The summed E-state index contributed by atoms with van der Waals surface area (Å²) in [7, 11) is 0. The zero-order chi connectivity index (χ0) is 17.9. The lowest BCUT2D eigenvalue weighted by molar-refractivity contribution is -0.137. The minimum absolute atomic E-state index is 0.264. The van der Waals surface area contributed by atoms with Crippen molar-refractivity contribution >= 4 is 11.5 Å². The summed E-state index contributed by atoms with van der Waals surface area (Å²) in [6, 6.07) is 4.99. The maximum Gasteiger partial charge on any atom is 0.416 e. The van der Waals surface area contributed by atoms with Crippen molar-refractivity contribution in [3.63, 3.8) is 0 Å². The lowest BCUT2D eigenvalue weighted by Gasteiger charge is -2.21. The standard InChI is InChI=1S/C18H20F3N3/c1-12(2)24-9-8-13(3)22-17(11-24)23-14(4)15-6-5-7-16(10-15)18(19,20)21/h5-7,10H,1,3-4,8-9,11H2,2H3,(H,22,23). The largest absolute Gasteiger partial charge is 0.416 e. The van der Waals surface area contributed by atoms with Crippen molar-refractivity contribution in [2.45, 2.75) is 19.5 Å². The van der Waals surface area contributed by atoms with Gasteiger partial charge in [-0.25, -0.2) is 4.99 Å². The normalized spacial score (nSPS) is 17.4. The second-order valence-electron chi connectivity index (χ2n) is 5.72. The van der Waals surface area contributed by atoms with Crippen molar-refractivity contribution < 1.29 is 13.2 Å². The van der Waals surface area contributed by atoms with Crippen LogP contribution in [0.2, 0.25) is 0 Å². The van der Waals surface area contributed by atoms with E-state index in [9.17, 15) is 13.2 Å². The number of hydrogen-bond donors (Lipinski definition) is 1. The molecule has 6 heteroatoms. The van der Waals surface area contributed by atoms with E-state index in [1.807, 2.05) is 11.8 Å². The van der Waals surface area contributed by atoms with Crippen LogP contribution in [0.4, 0.5) is 13.2 Å². The van der Waals surface area contributed by atoms with E-state index in [0.717, 1.165) is 36.5 Å². The summed E-state index contributed by atoms with van der Waals surface area (Å²) in [6.45, 7) is 14.8. The van der Waals surface area contributed by atoms with E-state index in [1.165, 1.54) is 6.07 Å². The van der Waals surface area contributed by atoms with Gasteiger partial charge in [0.1, 0.15) is 5.84 Å². The predicted octanol–water partition coefficient (Wildman–Crippen LogP) is 4.42. The molecule has 1 aliphatic rings. The van der Waals surface area contributed by atoms with Crippen LogP contribution >= 0.6 is 0 Å². The first-order chi connectivity index (χ1) is 11.2. The number of halogens is 3. The summed E-state index contributed by atoms with van der Waals surface area (Å²) >= 11 is 0. The molecule has 1 fully saturated rings. The summed E-state index contributed by atoms with van der Waals surface area (Å²) in [5.41, 5.74) is 1.57. The van der Waals surface area contributed by atoms with Crippen LogP contribution in [0.1, 0.15) is 24.5 Å². The van der Waals surface area contributed by atoms with E-state index in [2.05, 4.69) is 30.0 Å². The third-order valence-electron chi connectivity index (χ3n) is 3.68. The van der Waals surface area contributed by atoms with Crippen molar-refractivity contribution in [3.8, 4) is 0 Å². The molecule has 0 saturated carbocycles. The lowest BCUT2D eigenvalue weighted by atomic mass is 10.1. The van der Waals surface area contributed by atoms with E-state index in [-0.39, 0.29) is 5.70 Å². The third kappa shape index (κ3) is 4.50. The quantitative estimate of drug-likeness (QED) is 0.886. The van der Waals surface area contributed by atoms with Crippen LogP contribution in [-0.4, -0.2) is 23.8 Å². The van der Waals surface area contributed by atoms with Crippen molar-refractivity contribution in [3.05, 3.63) is 66.5 Å². The maximum absolute atomic E-state index is 12.8. The van der Waals surface area contributed by atoms with Crippen molar-refractivity contribution in [1.82, 2.24) is 10.2 Å². The molecule has 1 aromatic carbocycles. The molecule has 0 radical (unpaired) electrons. The van der Waals surface area contributed by atoms with Gasteiger partial charge in [0.25, 0.3) is 0 Å². The van der Waals surface area contributed by atoms with Gasteiger partial charge in [0.2, 0.25) is 0 Å². The Bertz CT molecular complexity index is 702. The van der Waals surface area contributed by atoms with Crippen LogP contribution in [0, 0.1) is 0 Å². The van der Waals surface area contributed by atoms with E-state index in [0.29, 0.717) is 17.9 Å². The van der Waals surface area contributed by atoms with Crippen LogP contribution in [0.15, 0.2) is 60.4 Å². The predicted molar refractivity (Wildman–Crippen MR) is 91.2 cm³/mol. The summed E-state index contributed by atoms with van der Waals surface area (Å²) in [4.78, 5) is 6.40. The van der Waals surface area contributed by atoms with Gasteiger partial charge in [0.15, 0.2) is 0 Å². The van der Waals surface area contributed by atoms with E-state index in [1.54, 1.807) is 6.07 Å². The molecular weight excluding hydrogens is 315 g/mol. The van der Waals surface area contributed by atoms with Crippen molar-refractivity contribution in [2.75, 3.05) is 13.1 Å². The van der Waals surface area contributed by atoms with Gasteiger partial charge in [-0.1, -0.05) is 31.9 Å². The summed E-state index contributed by atoms with van der Waals surface area (Å²) in [5.74, 6) is 0.586. The molecule has 24 heavy (non-hydrogen) atoms. The Morgan fingerprint density at radius 2 is 2.00 bits per heavy atom. The lowest BCUT2D eigenvalue weighted by Crippen LogP contribution is -2.31. The topological polar surface area (TPSA) is 27.6 Å². The van der Waals surface area contributed by atoms with Gasteiger partial charge in [-0.05, 0) is 19.1 Å². The molecule has 128 valence electrons. The number of hydrogen-bond acceptors (Lipinski definition) is 2. The maximum atomic E-state index is 12.8. The molecule has 3 nitrogen and oxygen atoms in total. The van der Waals surface area contributed by atoms with Gasteiger partial charge in [-0.15, -0.1) is 0 Å². The Kier molecular flexibility index (Phi) is 5.17.